The summed E-state index contributed by atoms with van der Waals surface area (Å²) in [6.45, 7) is -0.476. The number of nitro groups is 1. The summed E-state index contributed by atoms with van der Waals surface area (Å²) in [7, 11) is 0. The van der Waals surface area contributed by atoms with Crippen molar-refractivity contribution in [2.24, 2.45) is 5.10 Å². The molecule has 0 aliphatic rings. The van der Waals surface area contributed by atoms with Crippen LogP contribution >= 0.6 is 23.2 Å². The van der Waals surface area contributed by atoms with Crippen molar-refractivity contribution < 1.29 is 28.4 Å². The minimum absolute atomic E-state index is 0.0617. The number of furan rings is 1. The number of carbonyl (C=O) groups is 2. The van der Waals surface area contributed by atoms with Crippen molar-refractivity contribution in [2.45, 2.75) is 0 Å². The lowest BCUT2D eigenvalue weighted by molar-refractivity contribution is -0.402. The van der Waals surface area contributed by atoms with Gasteiger partial charge in [-0.25, -0.2) is 15.0 Å². The van der Waals surface area contributed by atoms with Crippen LogP contribution in [0.2, 0.25) is 10.0 Å². The Labute approximate surface area is 167 Å². The Hall–Kier alpha value is -3.31. The van der Waals surface area contributed by atoms with Crippen LogP contribution in [0, 0.1) is 10.1 Å². The van der Waals surface area contributed by atoms with Crippen molar-refractivity contribution in [3.05, 3.63) is 56.3 Å². The second kappa shape index (κ2) is 10.1. The summed E-state index contributed by atoms with van der Waals surface area (Å²) in [4.78, 5) is 32.8. The molecule has 0 atom stereocenters. The van der Waals surface area contributed by atoms with E-state index < -0.39 is 23.0 Å². The lowest BCUT2D eigenvalue weighted by atomic mass is 10.3. The fourth-order valence-corrected chi connectivity index (χ4v) is 2.04. The standard InChI is InChI=1S/C15H12Cl2N4O7/c16-9-1-3-11(17)12(7-9)19-14(22)26-5-6-27-15(23)20-18-8-10-2-4-13(28-10)21(24)25/h1-4,7-8H,5-6H2,(H,19,22)(H,20,23)/b18-8+. The Balaban J connectivity index is 1.65. The van der Waals surface area contributed by atoms with Crippen molar-refractivity contribution >= 4 is 53.2 Å². The van der Waals surface area contributed by atoms with E-state index in [2.05, 4.69) is 10.4 Å². The van der Waals surface area contributed by atoms with E-state index in [4.69, 9.17) is 37.1 Å². The third kappa shape index (κ3) is 6.78. The summed E-state index contributed by atoms with van der Waals surface area (Å²) in [6, 6.07) is 6.95. The number of nitrogens with one attached hydrogen (secondary N) is 2. The molecular formula is C15H12Cl2N4O7. The summed E-state index contributed by atoms with van der Waals surface area (Å²) in [5.74, 6) is -0.398. The van der Waals surface area contributed by atoms with Crippen molar-refractivity contribution in [2.75, 3.05) is 18.5 Å². The average Bonchev–Trinajstić information content (AvgIpc) is 3.11. The number of amides is 2. The van der Waals surface area contributed by atoms with Gasteiger partial charge >= 0.3 is 18.1 Å². The highest BCUT2D eigenvalue weighted by atomic mass is 35.5. The number of hydrazone groups is 1. The van der Waals surface area contributed by atoms with Gasteiger partial charge in [0, 0.05) is 5.02 Å². The molecule has 11 nitrogen and oxygen atoms in total. The number of hydrogen-bond donors (Lipinski definition) is 2. The van der Waals surface area contributed by atoms with E-state index in [0.29, 0.717) is 5.02 Å². The van der Waals surface area contributed by atoms with Crippen LogP contribution in [0.5, 0.6) is 0 Å². The highest BCUT2D eigenvalue weighted by molar-refractivity contribution is 6.35. The molecule has 13 heteroatoms. The van der Waals surface area contributed by atoms with Gasteiger partial charge in [-0.3, -0.25) is 15.4 Å². The molecule has 0 saturated heterocycles. The molecule has 0 spiro atoms. The van der Waals surface area contributed by atoms with Crippen LogP contribution in [0.3, 0.4) is 0 Å². The molecule has 1 aromatic carbocycles. The molecule has 0 saturated carbocycles. The van der Waals surface area contributed by atoms with E-state index in [-0.39, 0.29) is 29.7 Å². The maximum Gasteiger partial charge on any atom is 0.433 e. The SMILES string of the molecule is O=C(N/N=C/c1ccc([N+](=O)[O-])o1)OCCOC(=O)Nc1cc(Cl)ccc1Cl. The Bertz CT molecular complexity index is 900. The molecule has 2 rings (SSSR count). The van der Waals surface area contributed by atoms with Crippen LogP contribution < -0.4 is 10.7 Å². The summed E-state index contributed by atoms with van der Waals surface area (Å²) in [6.07, 6.45) is -0.697. The fraction of sp³-hybridized carbons (Fsp3) is 0.133. The van der Waals surface area contributed by atoms with Gasteiger partial charge in [-0.15, -0.1) is 0 Å². The van der Waals surface area contributed by atoms with Gasteiger partial charge in [0.15, 0.2) is 5.76 Å². The minimum atomic E-state index is -0.931. The Kier molecular flexibility index (Phi) is 7.60. The zero-order chi connectivity index (χ0) is 20.5. The normalized spacial score (nSPS) is 10.5. The predicted octanol–water partition coefficient (Wildman–Crippen LogP) is 3.80. The monoisotopic (exact) mass is 430 g/mol. The Morgan fingerprint density at radius 2 is 1.89 bits per heavy atom. The minimum Gasteiger partial charge on any atom is -0.446 e. The first-order valence-corrected chi connectivity index (χ1v) is 8.19. The number of rotatable bonds is 7. The van der Waals surface area contributed by atoms with Crippen LogP contribution in [-0.2, 0) is 9.47 Å². The van der Waals surface area contributed by atoms with E-state index in [1.54, 1.807) is 6.07 Å². The summed E-state index contributed by atoms with van der Waals surface area (Å²) in [5.41, 5.74) is 2.27. The van der Waals surface area contributed by atoms with Crippen molar-refractivity contribution in [1.82, 2.24) is 5.43 Å². The zero-order valence-corrected chi connectivity index (χ0v) is 15.4. The highest BCUT2D eigenvalue weighted by Crippen LogP contribution is 2.25. The predicted molar refractivity (Wildman–Crippen MR) is 98.9 cm³/mol. The lowest BCUT2D eigenvalue weighted by Gasteiger charge is -2.09. The maximum atomic E-state index is 11.6. The second-order valence-electron chi connectivity index (χ2n) is 4.82. The van der Waals surface area contributed by atoms with Gasteiger partial charge in [-0.1, -0.05) is 23.2 Å². The quantitative estimate of drug-likeness (QED) is 0.293. The van der Waals surface area contributed by atoms with Crippen LogP contribution in [0.15, 0.2) is 39.9 Å². The topological polar surface area (TPSA) is 145 Å². The van der Waals surface area contributed by atoms with Gasteiger partial charge in [0.05, 0.1) is 23.0 Å². The third-order valence-electron chi connectivity index (χ3n) is 2.85. The smallest absolute Gasteiger partial charge is 0.433 e. The molecule has 0 aliphatic carbocycles. The molecule has 1 aromatic heterocycles. The van der Waals surface area contributed by atoms with Gasteiger partial charge in [-0.05, 0) is 24.3 Å². The lowest BCUT2D eigenvalue weighted by Crippen LogP contribution is -2.23. The fourth-order valence-electron chi connectivity index (χ4n) is 1.70. The molecule has 1 heterocycles. The first kappa shape index (κ1) is 21.0. The summed E-state index contributed by atoms with van der Waals surface area (Å²) in [5, 5.41) is 17.0. The Morgan fingerprint density at radius 1 is 1.18 bits per heavy atom. The molecule has 2 aromatic rings. The van der Waals surface area contributed by atoms with Crippen LogP contribution in [0.1, 0.15) is 5.76 Å². The maximum absolute atomic E-state index is 11.6. The van der Waals surface area contributed by atoms with Crippen LogP contribution in [-0.4, -0.2) is 36.5 Å². The van der Waals surface area contributed by atoms with Gasteiger partial charge in [0.1, 0.15) is 18.1 Å². The molecule has 0 radical (unpaired) electrons. The van der Waals surface area contributed by atoms with E-state index in [0.717, 1.165) is 12.3 Å². The number of halogens is 2. The molecule has 0 fully saturated rings. The van der Waals surface area contributed by atoms with E-state index in [1.807, 2.05) is 5.43 Å². The number of nitrogens with zero attached hydrogens (tertiary/aromatic N) is 2. The van der Waals surface area contributed by atoms with E-state index in [1.165, 1.54) is 18.2 Å². The number of benzene rings is 1. The largest absolute Gasteiger partial charge is 0.446 e. The molecular weight excluding hydrogens is 419 g/mol. The third-order valence-corrected chi connectivity index (χ3v) is 3.42. The number of ether oxygens (including phenoxy) is 2. The average molecular weight is 431 g/mol. The Morgan fingerprint density at radius 3 is 2.57 bits per heavy atom. The zero-order valence-electron chi connectivity index (χ0n) is 13.9. The molecule has 0 aliphatic heterocycles. The number of carbonyl (C=O) groups excluding carboxylic acids is 2. The van der Waals surface area contributed by atoms with Gasteiger partial charge in [0.25, 0.3) is 0 Å². The van der Waals surface area contributed by atoms with Gasteiger partial charge < -0.3 is 13.9 Å². The highest BCUT2D eigenvalue weighted by Gasteiger charge is 2.11. The van der Waals surface area contributed by atoms with Gasteiger partial charge in [0.2, 0.25) is 0 Å². The second-order valence-corrected chi connectivity index (χ2v) is 5.67. The molecule has 28 heavy (non-hydrogen) atoms. The van der Waals surface area contributed by atoms with Crippen LogP contribution in [0.25, 0.3) is 0 Å². The van der Waals surface area contributed by atoms with Crippen molar-refractivity contribution in [3.8, 4) is 0 Å². The first-order valence-electron chi connectivity index (χ1n) is 7.44. The molecule has 0 unspecified atom stereocenters. The van der Waals surface area contributed by atoms with Gasteiger partial charge in [-0.2, -0.15) is 5.10 Å². The van der Waals surface area contributed by atoms with Crippen LogP contribution in [0.4, 0.5) is 21.2 Å². The molecule has 148 valence electrons. The van der Waals surface area contributed by atoms with E-state index >= 15 is 0 Å². The van der Waals surface area contributed by atoms with Crippen molar-refractivity contribution in [1.29, 1.82) is 0 Å². The summed E-state index contributed by atoms with van der Waals surface area (Å²) < 4.78 is 14.3. The first-order chi connectivity index (χ1) is 13.3. The molecule has 2 amide bonds. The molecule has 0 bridgehead atoms. The number of hydrogen-bond acceptors (Lipinski definition) is 8. The van der Waals surface area contributed by atoms with Crippen molar-refractivity contribution in [3.63, 3.8) is 0 Å². The number of anilines is 1. The van der Waals surface area contributed by atoms with E-state index in [9.17, 15) is 19.7 Å². The summed E-state index contributed by atoms with van der Waals surface area (Å²) >= 11 is 11.7. The molecule has 2 N–H and O–H groups in total.